The average molecular weight is 477 g/mol. The van der Waals surface area contributed by atoms with Crippen molar-refractivity contribution in [1.82, 2.24) is 0 Å². The summed E-state index contributed by atoms with van der Waals surface area (Å²) >= 11 is 0. The van der Waals surface area contributed by atoms with Crippen molar-refractivity contribution < 1.29 is 9.59 Å². The maximum absolute atomic E-state index is 12.7. The number of benzene rings is 1. The molecule has 1 aromatic carbocycles. The highest BCUT2D eigenvalue weighted by Gasteiger charge is 2.54. The molecule has 0 bridgehead atoms. The number of allylic oxidation sites excluding steroid dienone is 2. The molecule has 1 aromatic rings. The molecule has 3 aliphatic carbocycles. The van der Waals surface area contributed by atoms with Gasteiger partial charge in [-0.05, 0) is 84.8 Å². The van der Waals surface area contributed by atoms with Crippen LogP contribution in [0.25, 0.3) is 0 Å². The molecule has 0 saturated heterocycles. The summed E-state index contributed by atoms with van der Waals surface area (Å²) in [4.78, 5) is 24.1. The molecule has 0 N–H and O–H groups in total. The van der Waals surface area contributed by atoms with E-state index in [1.165, 1.54) is 50.5 Å². The van der Waals surface area contributed by atoms with Crippen LogP contribution in [0.3, 0.4) is 0 Å². The van der Waals surface area contributed by atoms with Crippen LogP contribution >= 0.6 is 0 Å². The summed E-state index contributed by atoms with van der Waals surface area (Å²) in [5.41, 5.74) is 4.52. The lowest BCUT2D eigenvalue weighted by Gasteiger charge is -2.48. The lowest BCUT2D eigenvalue weighted by atomic mass is 9.55. The van der Waals surface area contributed by atoms with E-state index in [1.54, 1.807) is 11.1 Å². The minimum absolute atomic E-state index is 0.0306. The zero-order valence-corrected chi connectivity index (χ0v) is 22.8. The number of ketones is 1. The normalized spacial score (nSPS) is 30.4. The molecule has 3 aliphatic rings. The molecular formula is C33H48O2. The van der Waals surface area contributed by atoms with Crippen molar-refractivity contribution in [3.63, 3.8) is 0 Å². The van der Waals surface area contributed by atoms with Gasteiger partial charge >= 0.3 is 0 Å². The van der Waals surface area contributed by atoms with Crippen LogP contribution in [-0.4, -0.2) is 12.1 Å². The lowest BCUT2D eigenvalue weighted by Crippen LogP contribution is -2.42. The van der Waals surface area contributed by atoms with Gasteiger partial charge in [-0.25, -0.2) is 0 Å². The molecule has 0 heterocycles. The first kappa shape index (κ1) is 26.4. The van der Waals surface area contributed by atoms with Crippen molar-refractivity contribution >= 4 is 12.1 Å². The highest BCUT2D eigenvalue weighted by molar-refractivity contribution is 5.87. The van der Waals surface area contributed by atoms with Crippen LogP contribution in [0.15, 0.2) is 30.4 Å². The number of aldehydes is 1. The Hall–Kier alpha value is -1.70. The number of Topliss-reactive ketones (excluding diaryl/α,β-unsaturated/α-hetero) is 1. The molecular weight excluding hydrogens is 428 g/mol. The number of unbranched alkanes of at least 4 members (excludes halogenated alkanes) is 2. The van der Waals surface area contributed by atoms with Gasteiger partial charge in [0.25, 0.3) is 0 Å². The summed E-state index contributed by atoms with van der Waals surface area (Å²) in [7, 11) is 0. The van der Waals surface area contributed by atoms with Crippen molar-refractivity contribution in [2.75, 3.05) is 0 Å². The highest BCUT2D eigenvalue weighted by Crippen LogP contribution is 2.59. The molecule has 0 spiro atoms. The molecule has 2 saturated carbocycles. The predicted octanol–water partition coefficient (Wildman–Crippen LogP) is 8.73. The summed E-state index contributed by atoms with van der Waals surface area (Å²) in [5.74, 6) is 2.89. The zero-order chi connectivity index (χ0) is 25.1. The van der Waals surface area contributed by atoms with Crippen molar-refractivity contribution in [2.45, 2.75) is 123 Å². The summed E-state index contributed by atoms with van der Waals surface area (Å²) in [5, 5.41) is 0. The molecule has 6 atom stereocenters. The van der Waals surface area contributed by atoms with Crippen LogP contribution in [0.5, 0.6) is 0 Å². The van der Waals surface area contributed by atoms with Gasteiger partial charge in [-0.15, -0.1) is 0 Å². The first-order valence-electron chi connectivity index (χ1n) is 14.6. The number of carbonyl (C=O) groups excluding carboxylic acids is 2. The fourth-order valence-corrected chi connectivity index (χ4v) is 7.77. The van der Waals surface area contributed by atoms with Gasteiger partial charge in [0, 0.05) is 24.2 Å². The Morgan fingerprint density at radius 2 is 1.91 bits per heavy atom. The van der Waals surface area contributed by atoms with Crippen LogP contribution in [0.2, 0.25) is 0 Å². The van der Waals surface area contributed by atoms with E-state index in [0.717, 1.165) is 38.4 Å². The number of hydrogen-bond acceptors (Lipinski definition) is 2. The third-order valence-corrected chi connectivity index (χ3v) is 10.1. The second kappa shape index (κ2) is 11.1. The molecule has 2 heteroatoms. The van der Waals surface area contributed by atoms with Crippen LogP contribution in [0.1, 0.15) is 133 Å². The van der Waals surface area contributed by atoms with Crippen molar-refractivity contribution in [3.05, 3.63) is 47.0 Å². The number of carbonyl (C=O) groups is 2. The Balaban J connectivity index is 1.56. The Kier molecular flexibility index (Phi) is 8.39. The fraction of sp³-hybridized carbons (Fsp3) is 0.697. The highest BCUT2D eigenvalue weighted by atomic mass is 16.1. The monoisotopic (exact) mass is 476 g/mol. The molecule has 35 heavy (non-hydrogen) atoms. The van der Waals surface area contributed by atoms with E-state index in [-0.39, 0.29) is 10.8 Å². The maximum Gasteiger partial charge on any atom is 0.139 e. The van der Waals surface area contributed by atoms with Crippen molar-refractivity contribution in [2.24, 2.45) is 22.7 Å². The molecule has 0 aromatic heterocycles. The number of hydrogen-bond donors (Lipinski definition) is 0. The molecule has 192 valence electrons. The molecule has 2 nitrogen and oxygen atoms in total. The Morgan fingerprint density at radius 3 is 2.66 bits per heavy atom. The Bertz CT molecular complexity index is 929. The standard InChI is InChI=1S/C33H48O2/c1-5-7-9-24(16-19-32(3,21-22-34)18-8-6-2)25-10-12-27-26(23-25)11-13-29-28(27)17-20-33(4)30(29)14-15-31(33)35/h10,12,16,19,22-24,28-30H,5-9,11,13-15,17-18,20-21H2,1-4H3/b19-16+/t24-,28+,29+,30-,32-,33-/m0/s1. The largest absolute Gasteiger partial charge is 0.303 e. The number of rotatable bonds is 11. The van der Waals surface area contributed by atoms with E-state index < -0.39 is 0 Å². The van der Waals surface area contributed by atoms with Crippen molar-refractivity contribution in [3.8, 4) is 0 Å². The van der Waals surface area contributed by atoms with E-state index in [2.05, 4.69) is 58.0 Å². The molecule has 0 amide bonds. The summed E-state index contributed by atoms with van der Waals surface area (Å²) in [6.07, 6.45) is 20.1. The predicted molar refractivity (Wildman–Crippen MR) is 146 cm³/mol. The van der Waals surface area contributed by atoms with Gasteiger partial charge in [-0.3, -0.25) is 4.79 Å². The second-order valence-corrected chi connectivity index (χ2v) is 12.5. The number of aryl methyl sites for hydroxylation is 1. The Labute approximate surface area is 214 Å². The molecule has 2 fully saturated rings. The molecule has 0 unspecified atom stereocenters. The lowest BCUT2D eigenvalue weighted by molar-refractivity contribution is -0.129. The fourth-order valence-electron chi connectivity index (χ4n) is 7.77. The first-order valence-corrected chi connectivity index (χ1v) is 14.6. The van der Waals surface area contributed by atoms with E-state index in [4.69, 9.17) is 0 Å². The van der Waals surface area contributed by atoms with Gasteiger partial charge in [-0.2, -0.15) is 0 Å². The van der Waals surface area contributed by atoms with Crippen LogP contribution in [-0.2, 0) is 16.0 Å². The van der Waals surface area contributed by atoms with E-state index in [0.29, 0.717) is 35.9 Å². The zero-order valence-electron chi connectivity index (χ0n) is 22.8. The maximum atomic E-state index is 12.7. The van der Waals surface area contributed by atoms with Gasteiger partial charge in [0.1, 0.15) is 12.1 Å². The van der Waals surface area contributed by atoms with Crippen LogP contribution < -0.4 is 0 Å². The first-order chi connectivity index (χ1) is 16.8. The molecule has 4 rings (SSSR count). The smallest absolute Gasteiger partial charge is 0.139 e. The van der Waals surface area contributed by atoms with E-state index >= 15 is 0 Å². The van der Waals surface area contributed by atoms with Gasteiger partial charge in [0.2, 0.25) is 0 Å². The topological polar surface area (TPSA) is 34.1 Å². The SMILES string of the molecule is CCCC[C@@H](/C=C/[C@@](C)(CC=O)CCCC)c1ccc2c(c1)CC[C@@H]1[C@@H]2CC[C@]2(C)C(=O)CC[C@@H]12. The number of fused-ring (bicyclic) bond motifs is 5. The van der Waals surface area contributed by atoms with Crippen LogP contribution in [0, 0.1) is 22.7 Å². The summed E-state index contributed by atoms with van der Waals surface area (Å²) in [6.45, 7) is 9.02. The van der Waals surface area contributed by atoms with E-state index in [1.807, 2.05) is 0 Å². The van der Waals surface area contributed by atoms with Gasteiger partial charge in [-0.1, -0.05) is 83.7 Å². The third-order valence-electron chi connectivity index (χ3n) is 10.1. The quantitative estimate of drug-likeness (QED) is 0.236. The van der Waals surface area contributed by atoms with Crippen LogP contribution in [0.4, 0.5) is 0 Å². The van der Waals surface area contributed by atoms with Gasteiger partial charge in [0.05, 0.1) is 0 Å². The summed E-state index contributed by atoms with van der Waals surface area (Å²) in [6, 6.07) is 7.38. The minimum Gasteiger partial charge on any atom is -0.303 e. The van der Waals surface area contributed by atoms with Crippen molar-refractivity contribution in [1.29, 1.82) is 0 Å². The molecule has 0 aliphatic heterocycles. The minimum atomic E-state index is -0.0411. The Morgan fingerprint density at radius 1 is 1.11 bits per heavy atom. The van der Waals surface area contributed by atoms with Gasteiger partial charge in [0.15, 0.2) is 0 Å². The second-order valence-electron chi connectivity index (χ2n) is 12.5. The molecule has 0 radical (unpaired) electrons. The third kappa shape index (κ3) is 5.37. The van der Waals surface area contributed by atoms with Gasteiger partial charge < -0.3 is 4.79 Å². The average Bonchev–Trinajstić information content (AvgIpc) is 3.17. The van der Waals surface area contributed by atoms with E-state index in [9.17, 15) is 9.59 Å². The summed E-state index contributed by atoms with van der Waals surface area (Å²) < 4.78 is 0.